The monoisotopic (exact) mass is 326 g/mol. The maximum atomic E-state index is 12.0. The van der Waals surface area contributed by atoms with Crippen LogP contribution in [-0.4, -0.2) is 25.0 Å². The van der Waals surface area contributed by atoms with E-state index in [1.807, 2.05) is 19.9 Å². The number of ketones is 1. The fraction of sp³-hybridized carbons (Fsp3) is 0.400. The summed E-state index contributed by atoms with van der Waals surface area (Å²) in [6, 6.07) is 6.29. The van der Waals surface area contributed by atoms with Gasteiger partial charge in [0.15, 0.2) is 5.78 Å². The molecule has 3 rings (SSSR count). The second-order valence-corrected chi connectivity index (χ2v) is 6.49. The summed E-state index contributed by atoms with van der Waals surface area (Å²) in [5, 5.41) is 0. The predicted octanol–water partition coefficient (Wildman–Crippen LogP) is 3.16. The Morgan fingerprint density at radius 1 is 1.33 bits per heavy atom. The molecule has 0 spiro atoms. The highest BCUT2D eigenvalue weighted by molar-refractivity contribution is 5.92. The molecule has 4 nitrogen and oxygen atoms in total. The highest BCUT2D eigenvalue weighted by atomic mass is 16.5. The number of carbonyl (C=O) groups excluding carboxylic acids is 2. The number of hydrogen-bond donors (Lipinski definition) is 0. The molecule has 0 radical (unpaired) electrons. The number of carbonyl (C=O) groups is 2. The molecule has 1 aliphatic heterocycles. The Kier molecular flexibility index (Phi) is 4.41. The molecule has 1 fully saturated rings. The van der Waals surface area contributed by atoms with E-state index < -0.39 is 5.60 Å². The molecule has 126 valence electrons. The summed E-state index contributed by atoms with van der Waals surface area (Å²) in [5.41, 5.74) is 3.47. The van der Waals surface area contributed by atoms with E-state index in [9.17, 15) is 9.59 Å². The van der Waals surface area contributed by atoms with Crippen LogP contribution in [0.3, 0.4) is 0 Å². The first kappa shape index (κ1) is 16.7. The topological polar surface area (TPSA) is 52.6 Å². The van der Waals surface area contributed by atoms with Crippen molar-refractivity contribution in [2.24, 2.45) is 5.92 Å². The molecule has 1 aromatic carbocycles. The van der Waals surface area contributed by atoms with Gasteiger partial charge in [0.2, 0.25) is 0 Å². The number of allylic oxidation sites excluding steroid dienone is 1. The lowest BCUT2D eigenvalue weighted by atomic mass is 9.73. The van der Waals surface area contributed by atoms with E-state index in [4.69, 9.17) is 9.47 Å². The molecule has 1 aliphatic carbocycles. The van der Waals surface area contributed by atoms with Gasteiger partial charge in [0.05, 0.1) is 13.2 Å². The molecule has 0 N–H and O–H groups in total. The van der Waals surface area contributed by atoms with Crippen molar-refractivity contribution in [2.75, 3.05) is 13.2 Å². The van der Waals surface area contributed by atoms with Crippen LogP contribution in [-0.2, 0) is 24.7 Å². The van der Waals surface area contributed by atoms with Crippen molar-refractivity contribution in [2.45, 2.75) is 32.8 Å². The molecule has 2 atom stereocenters. The molecule has 1 saturated heterocycles. The van der Waals surface area contributed by atoms with Crippen LogP contribution in [0.5, 0.6) is 0 Å². The second kappa shape index (κ2) is 6.36. The van der Waals surface area contributed by atoms with E-state index in [1.54, 1.807) is 13.0 Å². The van der Waals surface area contributed by atoms with Crippen molar-refractivity contribution < 1.29 is 19.1 Å². The van der Waals surface area contributed by atoms with Crippen LogP contribution >= 0.6 is 0 Å². The van der Waals surface area contributed by atoms with Gasteiger partial charge < -0.3 is 9.47 Å². The maximum absolute atomic E-state index is 12.0. The molecule has 0 saturated carbocycles. The fourth-order valence-electron chi connectivity index (χ4n) is 3.67. The Morgan fingerprint density at radius 2 is 2.04 bits per heavy atom. The summed E-state index contributed by atoms with van der Waals surface area (Å²) in [7, 11) is 0. The van der Waals surface area contributed by atoms with Crippen molar-refractivity contribution in [1.29, 1.82) is 0 Å². The van der Waals surface area contributed by atoms with Crippen LogP contribution in [0.25, 0.3) is 0 Å². The first-order valence-corrected chi connectivity index (χ1v) is 8.26. The molecule has 2 aliphatic rings. The number of benzene rings is 1. The molecule has 0 amide bonds. The van der Waals surface area contributed by atoms with Gasteiger partial charge >= 0.3 is 5.97 Å². The van der Waals surface area contributed by atoms with E-state index in [1.165, 1.54) is 6.08 Å². The van der Waals surface area contributed by atoms with Gasteiger partial charge in [-0.3, -0.25) is 4.79 Å². The highest BCUT2D eigenvalue weighted by Gasteiger charge is 2.49. The van der Waals surface area contributed by atoms with E-state index in [2.05, 4.69) is 18.2 Å². The minimum Gasteiger partial charge on any atom is -0.463 e. The number of hydrogen-bond acceptors (Lipinski definition) is 4. The Morgan fingerprint density at radius 3 is 2.71 bits per heavy atom. The number of fused-ring (bicyclic) bond motifs is 1. The first-order chi connectivity index (χ1) is 11.4. The molecular formula is C20H22O4. The molecule has 1 aromatic rings. The summed E-state index contributed by atoms with van der Waals surface area (Å²) < 4.78 is 11.2. The fourth-order valence-corrected chi connectivity index (χ4v) is 3.67. The predicted molar refractivity (Wildman–Crippen MR) is 90.5 cm³/mol. The van der Waals surface area contributed by atoms with Crippen LogP contribution in [0.15, 0.2) is 42.0 Å². The number of esters is 1. The highest BCUT2D eigenvalue weighted by Crippen LogP contribution is 2.49. The van der Waals surface area contributed by atoms with Gasteiger partial charge in [0, 0.05) is 18.4 Å². The summed E-state index contributed by atoms with van der Waals surface area (Å²) >= 11 is 0. The average molecular weight is 326 g/mol. The Bertz CT molecular complexity index is 724. The standard InChI is InChI=1S/C20H22O4/c1-4-23-19(22)10-15-12-24-20(6-5-17(21)11-18(15)20)16-8-13(2)7-14(3)9-16/h5-10,18H,4,11-12H2,1-3H3/b15-10-/t18?,20-/m0/s1. The third kappa shape index (κ3) is 2.94. The molecular weight excluding hydrogens is 304 g/mol. The SMILES string of the molecule is CCOC(=O)/C=C1/CO[C@]2(c3cc(C)cc(C)c3)C=CC(=O)CC12. The van der Waals surface area contributed by atoms with Crippen molar-refractivity contribution in [3.8, 4) is 0 Å². The van der Waals surface area contributed by atoms with E-state index in [-0.39, 0.29) is 17.7 Å². The summed E-state index contributed by atoms with van der Waals surface area (Å²) in [6.07, 6.45) is 5.28. The number of rotatable bonds is 3. The summed E-state index contributed by atoms with van der Waals surface area (Å²) in [4.78, 5) is 23.8. The molecule has 1 heterocycles. The van der Waals surface area contributed by atoms with Gasteiger partial charge in [0.25, 0.3) is 0 Å². The summed E-state index contributed by atoms with van der Waals surface area (Å²) in [5.74, 6) is -0.491. The van der Waals surface area contributed by atoms with Crippen molar-refractivity contribution >= 4 is 11.8 Å². The smallest absolute Gasteiger partial charge is 0.330 e. The van der Waals surface area contributed by atoms with Gasteiger partial charge in [-0.05, 0) is 44.1 Å². The van der Waals surface area contributed by atoms with Crippen LogP contribution in [0.1, 0.15) is 30.0 Å². The van der Waals surface area contributed by atoms with Crippen molar-refractivity contribution in [3.63, 3.8) is 0 Å². The minimum atomic E-state index is -0.678. The third-order valence-electron chi connectivity index (χ3n) is 4.63. The van der Waals surface area contributed by atoms with Crippen LogP contribution in [0.4, 0.5) is 0 Å². The maximum Gasteiger partial charge on any atom is 0.330 e. The number of ether oxygens (including phenoxy) is 2. The Hall–Kier alpha value is -2.20. The largest absolute Gasteiger partial charge is 0.463 e. The molecule has 1 unspecified atom stereocenters. The van der Waals surface area contributed by atoms with Crippen LogP contribution in [0, 0.1) is 19.8 Å². The van der Waals surface area contributed by atoms with E-state index in [0.29, 0.717) is 19.6 Å². The Labute approximate surface area is 142 Å². The van der Waals surface area contributed by atoms with Gasteiger partial charge in [-0.25, -0.2) is 4.79 Å². The van der Waals surface area contributed by atoms with Crippen molar-refractivity contribution in [1.82, 2.24) is 0 Å². The lowest BCUT2D eigenvalue weighted by Gasteiger charge is -2.34. The van der Waals surface area contributed by atoms with E-state index in [0.717, 1.165) is 22.3 Å². The van der Waals surface area contributed by atoms with Gasteiger partial charge in [-0.15, -0.1) is 0 Å². The Balaban J connectivity index is 2.06. The third-order valence-corrected chi connectivity index (χ3v) is 4.63. The lowest BCUT2D eigenvalue weighted by molar-refractivity contribution is -0.137. The zero-order valence-electron chi connectivity index (χ0n) is 14.3. The first-order valence-electron chi connectivity index (χ1n) is 8.26. The zero-order valence-corrected chi connectivity index (χ0v) is 14.3. The normalized spacial score (nSPS) is 27.4. The van der Waals surface area contributed by atoms with Crippen LogP contribution in [0.2, 0.25) is 0 Å². The van der Waals surface area contributed by atoms with Gasteiger partial charge in [-0.1, -0.05) is 29.3 Å². The molecule has 0 aromatic heterocycles. The zero-order chi connectivity index (χ0) is 17.3. The summed E-state index contributed by atoms with van der Waals surface area (Å²) in [6.45, 7) is 6.52. The second-order valence-electron chi connectivity index (χ2n) is 6.49. The van der Waals surface area contributed by atoms with Gasteiger partial charge in [0.1, 0.15) is 5.60 Å². The lowest BCUT2D eigenvalue weighted by Crippen LogP contribution is -2.35. The van der Waals surface area contributed by atoms with Gasteiger partial charge in [-0.2, -0.15) is 0 Å². The van der Waals surface area contributed by atoms with Crippen molar-refractivity contribution in [3.05, 3.63) is 58.7 Å². The quantitative estimate of drug-likeness (QED) is 0.632. The molecule has 4 heteroatoms. The molecule has 0 bridgehead atoms. The minimum absolute atomic E-state index is 0.0558. The molecule has 24 heavy (non-hydrogen) atoms. The van der Waals surface area contributed by atoms with E-state index >= 15 is 0 Å². The van der Waals surface area contributed by atoms with Crippen LogP contribution < -0.4 is 0 Å². The average Bonchev–Trinajstić information content (AvgIpc) is 2.86. The number of aryl methyl sites for hydroxylation is 2.